The lowest BCUT2D eigenvalue weighted by molar-refractivity contribution is -0.165. The van der Waals surface area contributed by atoms with Crippen molar-refractivity contribution in [3.05, 3.63) is 57.8 Å². The number of aliphatic hydroxyl groups is 1. The van der Waals surface area contributed by atoms with Crippen LogP contribution in [0.3, 0.4) is 0 Å². The van der Waals surface area contributed by atoms with Gasteiger partial charge < -0.3 is 5.11 Å². The minimum absolute atomic E-state index is 0.0203. The standard InChI is InChI=1S/C16H9F6NO2S/c17-15(18,19)9-3-1-4-10(7-9)23-8-11(14(25)16(20,21)22)13(24)12-5-2-6-26-12/h1-8,24H/b13-11+,23-8?. The van der Waals surface area contributed by atoms with Gasteiger partial charge in [0.1, 0.15) is 5.76 Å². The van der Waals surface area contributed by atoms with E-state index in [1.54, 1.807) is 0 Å². The smallest absolute Gasteiger partial charge is 0.455 e. The van der Waals surface area contributed by atoms with Crippen molar-refractivity contribution >= 4 is 34.8 Å². The molecule has 0 amide bonds. The number of hydrogen-bond acceptors (Lipinski definition) is 4. The monoisotopic (exact) mass is 393 g/mol. The Balaban J connectivity index is 2.47. The molecule has 0 fully saturated rings. The van der Waals surface area contributed by atoms with E-state index in [0.717, 1.165) is 29.5 Å². The molecule has 138 valence electrons. The van der Waals surface area contributed by atoms with E-state index in [9.17, 15) is 36.2 Å². The van der Waals surface area contributed by atoms with E-state index < -0.39 is 35.0 Å². The number of nitrogens with zero attached hydrogens (tertiary/aromatic N) is 1. The maximum atomic E-state index is 12.7. The summed E-state index contributed by atoms with van der Waals surface area (Å²) in [6, 6.07) is 6.22. The van der Waals surface area contributed by atoms with Gasteiger partial charge in [0.25, 0.3) is 5.78 Å². The zero-order chi connectivity index (χ0) is 19.5. The van der Waals surface area contributed by atoms with Gasteiger partial charge in [-0.3, -0.25) is 9.79 Å². The molecular weight excluding hydrogens is 384 g/mol. The van der Waals surface area contributed by atoms with Crippen LogP contribution in [0.4, 0.5) is 32.0 Å². The fourth-order valence-electron chi connectivity index (χ4n) is 1.83. The summed E-state index contributed by atoms with van der Waals surface area (Å²) >= 11 is 0.877. The predicted octanol–water partition coefficient (Wildman–Crippen LogP) is 5.57. The van der Waals surface area contributed by atoms with Gasteiger partial charge in [0.15, 0.2) is 0 Å². The molecule has 0 saturated carbocycles. The van der Waals surface area contributed by atoms with Gasteiger partial charge in [-0.15, -0.1) is 11.3 Å². The molecule has 0 unspecified atom stereocenters. The van der Waals surface area contributed by atoms with Gasteiger partial charge in [0.05, 0.1) is 21.7 Å². The molecule has 0 bridgehead atoms. The molecule has 0 aliphatic carbocycles. The van der Waals surface area contributed by atoms with Gasteiger partial charge in [0.2, 0.25) is 0 Å². The van der Waals surface area contributed by atoms with E-state index in [0.29, 0.717) is 12.3 Å². The average molecular weight is 393 g/mol. The molecule has 0 spiro atoms. The quantitative estimate of drug-likeness (QED) is 0.320. The van der Waals surface area contributed by atoms with E-state index in [-0.39, 0.29) is 10.6 Å². The number of rotatable bonds is 4. The van der Waals surface area contributed by atoms with Crippen LogP contribution in [0.1, 0.15) is 10.4 Å². The topological polar surface area (TPSA) is 49.7 Å². The summed E-state index contributed by atoms with van der Waals surface area (Å²) in [5, 5.41) is 11.4. The van der Waals surface area contributed by atoms with Gasteiger partial charge in [-0.25, -0.2) is 0 Å². The molecular formula is C16H9F6NO2S. The van der Waals surface area contributed by atoms with Crippen molar-refractivity contribution in [3.8, 4) is 0 Å². The van der Waals surface area contributed by atoms with Crippen molar-refractivity contribution in [3.63, 3.8) is 0 Å². The van der Waals surface area contributed by atoms with Crippen molar-refractivity contribution in [2.75, 3.05) is 0 Å². The van der Waals surface area contributed by atoms with E-state index in [1.165, 1.54) is 17.5 Å². The molecule has 1 aromatic carbocycles. The Morgan fingerprint density at radius 2 is 1.77 bits per heavy atom. The lowest BCUT2D eigenvalue weighted by Gasteiger charge is -2.08. The molecule has 2 rings (SSSR count). The minimum atomic E-state index is -5.29. The first kappa shape index (κ1) is 19.7. The molecule has 0 aliphatic heterocycles. The molecule has 3 nitrogen and oxygen atoms in total. The van der Waals surface area contributed by atoms with Crippen LogP contribution in [-0.2, 0) is 11.0 Å². The first-order chi connectivity index (χ1) is 12.0. The van der Waals surface area contributed by atoms with Gasteiger partial charge >= 0.3 is 12.4 Å². The molecule has 0 aliphatic rings. The van der Waals surface area contributed by atoms with Crippen LogP contribution >= 0.6 is 11.3 Å². The third-order valence-corrected chi connectivity index (χ3v) is 3.90. The summed E-state index contributed by atoms with van der Waals surface area (Å²) in [6.07, 6.45) is -9.55. The number of aliphatic hydroxyl groups excluding tert-OH is 1. The summed E-state index contributed by atoms with van der Waals surface area (Å²) in [4.78, 5) is 15.0. The lowest BCUT2D eigenvalue weighted by Crippen LogP contribution is -2.26. The normalized spacial score (nSPS) is 13.8. The highest BCUT2D eigenvalue weighted by molar-refractivity contribution is 7.11. The third kappa shape index (κ3) is 4.72. The summed E-state index contributed by atoms with van der Waals surface area (Å²) in [5.41, 5.74) is -2.55. The molecule has 1 heterocycles. The van der Waals surface area contributed by atoms with Crippen molar-refractivity contribution in [2.45, 2.75) is 12.4 Å². The number of hydrogen-bond donors (Lipinski definition) is 1. The molecule has 10 heteroatoms. The summed E-state index contributed by atoms with van der Waals surface area (Å²) in [5.74, 6) is -3.32. The second kappa shape index (κ2) is 7.32. The predicted molar refractivity (Wildman–Crippen MR) is 84.5 cm³/mol. The zero-order valence-electron chi connectivity index (χ0n) is 12.6. The van der Waals surface area contributed by atoms with Crippen LogP contribution in [0.2, 0.25) is 0 Å². The molecule has 0 saturated heterocycles. The maximum absolute atomic E-state index is 12.7. The molecule has 26 heavy (non-hydrogen) atoms. The van der Waals surface area contributed by atoms with E-state index in [2.05, 4.69) is 4.99 Å². The van der Waals surface area contributed by atoms with Gasteiger partial charge in [0, 0.05) is 6.21 Å². The highest BCUT2D eigenvalue weighted by atomic mass is 32.1. The van der Waals surface area contributed by atoms with Crippen molar-refractivity contribution in [1.29, 1.82) is 0 Å². The number of aliphatic imine (C=N–C) groups is 1. The first-order valence-electron chi connectivity index (χ1n) is 6.80. The van der Waals surface area contributed by atoms with Gasteiger partial charge in [-0.1, -0.05) is 12.1 Å². The molecule has 2 aromatic rings. The van der Waals surface area contributed by atoms with E-state index >= 15 is 0 Å². The molecule has 1 N–H and O–H groups in total. The van der Waals surface area contributed by atoms with Crippen LogP contribution in [0, 0.1) is 0 Å². The number of carbonyl (C=O) groups is 1. The zero-order valence-corrected chi connectivity index (χ0v) is 13.4. The second-order valence-electron chi connectivity index (χ2n) is 4.87. The number of alkyl halides is 6. The number of Topliss-reactive ketones (excluding diaryl/α,β-unsaturated/α-hetero) is 1. The Hall–Kier alpha value is -2.62. The van der Waals surface area contributed by atoms with Crippen molar-refractivity contribution in [2.24, 2.45) is 4.99 Å². The molecule has 1 aromatic heterocycles. The highest BCUT2D eigenvalue weighted by Crippen LogP contribution is 2.32. The highest BCUT2D eigenvalue weighted by Gasteiger charge is 2.42. The van der Waals surface area contributed by atoms with Crippen molar-refractivity contribution in [1.82, 2.24) is 0 Å². The third-order valence-electron chi connectivity index (χ3n) is 3.03. The average Bonchev–Trinajstić information content (AvgIpc) is 3.07. The van der Waals surface area contributed by atoms with Gasteiger partial charge in [-0.05, 0) is 29.6 Å². The van der Waals surface area contributed by atoms with Crippen LogP contribution < -0.4 is 0 Å². The fraction of sp³-hybridized carbons (Fsp3) is 0.125. The Morgan fingerprint density at radius 1 is 1.08 bits per heavy atom. The van der Waals surface area contributed by atoms with Gasteiger partial charge in [-0.2, -0.15) is 26.3 Å². The van der Waals surface area contributed by atoms with Crippen LogP contribution in [-0.4, -0.2) is 23.3 Å². The lowest BCUT2D eigenvalue weighted by atomic mass is 10.1. The number of ketones is 1. The Morgan fingerprint density at radius 3 is 2.31 bits per heavy atom. The number of thiophene rings is 1. The number of halogens is 6. The maximum Gasteiger partial charge on any atom is 0.455 e. The second-order valence-corrected chi connectivity index (χ2v) is 5.82. The first-order valence-corrected chi connectivity index (χ1v) is 7.68. The number of allylic oxidation sites excluding steroid dienone is 1. The SMILES string of the molecule is O=C(/C(C=Nc1cccc(C(F)(F)F)c1)=C(/O)c1cccs1)C(F)(F)F. The Kier molecular flexibility index (Phi) is 5.55. The van der Waals surface area contributed by atoms with Crippen LogP contribution in [0.15, 0.2) is 52.3 Å². The summed E-state index contributed by atoms with van der Waals surface area (Å²) < 4.78 is 76.2. The number of benzene rings is 1. The van der Waals surface area contributed by atoms with Crippen LogP contribution in [0.25, 0.3) is 5.76 Å². The summed E-state index contributed by atoms with van der Waals surface area (Å²) in [7, 11) is 0. The molecule has 0 radical (unpaired) electrons. The molecule has 0 atom stereocenters. The number of carbonyl (C=O) groups excluding carboxylic acids is 1. The van der Waals surface area contributed by atoms with Crippen LogP contribution in [0.5, 0.6) is 0 Å². The largest absolute Gasteiger partial charge is 0.506 e. The van der Waals surface area contributed by atoms with E-state index in [1.807, 2.05) is 0 Å². The Labute approximate surface area is 146 Å². The minimum Gasteiger partial charge on any atom is -0.506 e. The Bertz CT molecular complexity index is 850. The fourth-order valence-corrected chi connectivity index (χ4v) is 2.51. The van der Waals surface area contributed by atoms with Crippen molar-refractivity contribution < 1.29 is 36.2 Å². The summed E-state index contributed by atoms with van der Waals surface area (Å²) in [6.45, 7) is 0. The van der Waals surface area contributed by atoms with E-state index in [4.69, 9.17) is 0 Å².